The van der Waals surface area contributed by atoms with Gasteiger partial charge < -0.3 is 14.8 Å². The predicted molar refractivity (Wildman–Crippen MR) is 76.7 cm³/mol. The van der Waals surface area contributed by atoms with Crippen LogP contribution >= 0.6 is 0 Å². The normalized spacial score (nSPS) is 14.2. The van der Waals surface area contributed by atoms with E-state index in [-0.39, 0.29) is 18.0 Å². The van der Waals surface area contributed by atoms with E-state index in [0.29, 0.717) is 13.0 Å². The van der Waals surface area contributed by atoms with Gasteiger partial charge in [0.1, 0.15) is 17.3 Å². The Morgan fingerprint density at radius 2 is 1.85 bits per heavy atom. The van der Waals surface area contributed by atoms with Crippen LogP contribution in [0.5, 0.6) is 0 Å². The van der Waals surface area contributed by atoms with Crippen molar-refractivity contribution in [2.75, 3.05) is 0 Å². The van der Waals surface area contributed by atoms with Gasteiger partial charge in [0.15, 0.2) is 0 Å². The number of hydrogen-bond donors (Lipinski definition) is 2. The van der Waals surface area contributed by atoms with E-state index < -0.39 is 0 Å². The van der Waals surface area contributed by atoms with Crippen LogP contribution in [0.25, 0.3) is 11.3 Å². The molecule has 2 N–H and O–H groups in total. The van der Waals surface area contributed by atoms with Crippen molar-refractivity contribution in [3.05, 3.63) is 48.0 Å². The lowest BCUT2D eigenvalue weighted by atomic mass is 10.1. The first-order valence-electron chi connectivity index (χ1n) is 6.80. The molecule has 1 aromatic carbocycles. The highest BCUT2D eigenvalue weighted by Crippen LogP contribution is 2.22. The average molecular weight is 277 g/mol. The second kappa shape index (κ2) is 6.68. The third-order valence-electron chi connectivity index (χ3n) is 3.11. The van der Waals surface area contributed by atoms with Crippen LogP contribution in [0.15, 0.2) is 40.8 Å². The van der Waals surface area contributed by atoms with Crippen LogP contribution in [0.4, 0.5) is 4.39 Å². The molecule has 2 atom stereocenters. The fraction of sp³-hybridized carbons (Fsp3) is 0.375. The molecule has 1 aromatic heterocycles. The molecular formula is C16H20FNO2. The van der Waals surface area contributed by atoms with Gasteiger partial charge in [-0.15, -0.1) is 0 Å². The minimum Gasteiger partial charge on any atom is -0.460 e. The van der Waals surface area contributed by atoms with E-state index in [4.69, 9.17) is 4.42 Å². The van der Waals surface area contributed by atoms with Crippen LogP contribution in [0.2, 0.25) is 0 Å². The third kappa shape index (κ3) is 4.18. The number of halogens is 1. The molecule has 0 radical (unpaired) electrons. The molecule has 3 nitrogen and oxygen atoms in total. The highest BCUT2D eigenvalue weighted by molar-refractivity contribution is 5.57. The van der Waals surface area contributed by atoms with Gasteiger partial charge in [-0.25, -0.2) is 4.39 Å². The fourth-order valence-corrected chi connectivity index (χ4v) is 2.11. The van der Waals surface area contributed by atoms with Crippen molar-refractivity contribution >= 4 is 0 Å². The highest BCUT2D eigenvalue weighted by atomic mass is 19.1. The molecule has 1 heterocycles. The summed E-state index contributed by atoms with van der Waals surface area (Å²) in [5.41, 5.74) is 0.856. The number of aliphatic hydroxyl groups excluding tert-OH is 1. The Hall–Kier alpha value is -1.65. The maximum Gasteiger partial charge on any atom is 0.134 e. The summed E-state index contributed by atoms with van der Waals surface area (Å²) >= 11 is 0. The molecule has 0 saturated heterocycles. The highest BCUT2D eigenvalue weighted by Gasteiger charge is 2.08. The summed E-state index contributed by atoms with van der Waals surface area (Å²) in [6.07, 6.45) is 0.384. The summed E-state index contributed by atoms with van der Waals surface area (Å²) < 4.78 is 18.6. The molecule has 0 aliphatic rings. The van der Waals surface area contributed by atoms with Gasteiger partial charge >= 0.3 is 0 Å². The number of aliphatic hydroxyl groups is 1. The lowest BCUT2D eigenvalue weighted by Crippen LogP contribution is -2.28. The number of benzene rings is 1. The maximum atomic E-state index is 12.9. The number of furan rings is 1. The van der Waals surface area contributed by atoms with Gasteiger partial charge in [0.05, 0.1) is 12.6 Å². The number of hydrogen-bond acceptors (Lipinski definition) is 3. The Labute approximate surface area is 118 Å². The van der Waals surface area contributed by atoms with E-state index in [1.165, 1.54) is 12.1 Å². The molecule has 4 heteroatoms. The van der Waals surface area contributed by atoms with E-state index in [1.54, 1.807) is 19.1 Å². The minimum absolute atomic E-state index is 0.217. The van der Waals surface area contributed by atoms with Gasteiger partial charge in [-0.2, -0.15) is 0 Å². The lowest BCUT2D eigenvalue weighted by Gasteiger charge is -2.14. The topological polar surface area (TPSA) is 45.4 Å². The molecular weight excluding hydrogens is 257 g/mol. The van der Waals surface area contributed by atoms with Crippen molar-refractivity contribution in [2.24, 2.45) is 0 Å². The second-order valence-corrected chi connectivity index (χ2v) is 5.14. The van der Waals surface area contributed by atoms with Crippen molar-refractivity contribution in [1.29, 1.82) is 0 Å². The molecule has 0 saturated carbocycles. The first kappa shape index (κ1) is 14.8. The fourth-order valence-electron chi connectivity index (χ4n) is 2.11. The molecule has 0 fully saturated rings. The standard InChI is InChI=1S/C16H20FNO2/c1-11(9-12(2)19)18-10-15-7-8-16(20-15)13-3-5-14(17)6-4-13/h3-8,11-12,18-19H,9-10H2,1-2H3. The van der Waals surface area contributed by atoms with Crippen molar-refractivity contribution < 1.29 is 13.9 Å². The molecule has 0 aliphatic heterocycles. The third-order valence-corrected chi connectivity index (χ3v) is 3.11. The van der Waals surface area contributed by atoms with Crippen LogP contribution in [-0.4, -0.2) is 17.3 Å². The zero-order valence-corrected chi connectivity index (χ0v) is 11.8. The van der Waals surface area contributed by atoms with Crippen LogP contribution in [0, 0.1) is 5.82 Å². The average Bonchev–Trinajstić information content (AvgIpc) is 2.85. The molecule has 108 valence electrons. The molecule has 2 rings (SSSR count). The van der Waals surface area contributed by atoms with Crippen LogP contribution < -0.4 is 5.32 Å². The van der Waals surface area contributed by atoms with Gasteiger partial charge in [0.25, 0.3) is 0 Å². The summed E-state index contributed by atoms with van der Waals surface area (Å²) in [5, 5.41) is 12.6. The zero-order valence-electron chi connectivity index (χ0n) is 11.8. The summed E-state index contributed by atoms with van der Waals surface area (Å²) in [5.74, 6) is 1.29. The van der Waals surface area contributed by atoms with E-state index in [1.807, 2.05) is 19.1 Å². The molecule has 0 spiro atoms. The van der Waals surface area contributed by atoms with Crippen LogP contribution in [0.3, 0.4) is 0 Å². The van der Waals surface area contributed by atoms with Gasteiger partial charge in [-0.3, -0.25) is 0 Å². The Morgan fingerprint density at radius 1 is 1.15 bits per heavy atom. The monoisotopic (exact) mass is 277 g/mol. The number of nitrogens with one attached hydrogen (secondary N) is 1. The van der Waals surface area contributed by atoms with Crippen molar-refractivity contribution in [2.45, 2.75) is 39.0 Å². The Morgan fingerprint density at radius 3 is 2.50 bits per heavy atom. The summed E-state index contributed by atoms with van der Waals surface area (Å²) in [6, 6.07) is 10.2. The Kier molecular flexibility index (Phi) is 4.93. The predicted octanol–water partition coefficient (Wildman–Crippen LogP) is 3.33. The van der Waals surface area contributed by atoms with Crippen LogP contribution in [0.1, 0.15) is 26.0 Å². The van der Waals surface area contributed by atoms with Crippen molar-refractivity contribution in [3.63, 3.8) is 0 Å². The van der Waals surface area contributed by atoms with E-state index >= 15 is 0 Å². The van der Waals surface area contributed by atoms with E-state index in [2.05, 4.69) is 5.32 Å². The second-order valence-electron chi connectivity index (χ2n) is 5.14. The molecule has 2 unspecified atom stereocenters. The first-order valence-corrected chi connectivity index (χ1v) is 6.80. The van der Waals surface area contributed by atoms with Crippen molar-refractivity contribution in [3.8, 4) is 11.3 Å². The zero-order chi connectivity index (χ0) is 14.5. The van der Waals surface area contributed by atoms with Gasteiger partial charge in [-0.1, -0.05) is 0 Å². The van der Waals surface area contributed by atoms with Crippen molar-refractivity contribution in [1.82, 2.24) is 5.32 Å². The number of rotatable bonds is 6. The quantitative estimate of drug-likeness (QED) is 0.851. The molecule has 2 aromatic rings. The van der Waals surface area contributed by atoms with Crippen LogP contribution in [-0.2, 0) is 6.54 Å². The molecule has 0 aliphatic carbocycles. The smallest absolute Gasteiger partial charge is 0.134 e. The van der Waals surface area contributed by atoms with E-state index in [0.717, 1.165) is 17.1 Å². The molecule has 20 heavy (non-hydrogen) atoms. The van der Waals surface area contributed by atoms with Gasteiger partial charge in [-0.05, 0) is 56.7 Å². The summed E-state index contributed by atoms with van der Waals surface area (Å²) in [4.78, 5) is 0. The largest absolute Gasteiger partial charge is 0.460 e. The molecule has 0 bridgehead atoms. The Balaban J connectivity index is 1.94. The first-order chi connectivity index (χ1) is 9.54. The van der Waals surface area contributed by atoms with Gasteiger partial charge in [0.2, 0.25) is 0 Å². The lowest BCUT2D eigenvalue weighted by molar-refractivity contribution is 0.170. The summed E-state index contributed by atoms with van der Waals surface area (Å²) in [7, 11) is 0. The maximum absolute atomic E-state index is 12.9. The van der Waals surface area contributed by atoms with E-state index in [9.17, 15) is 9.50 Å². The Bertz CT molecular complexity index is 534. The molecule has 0 amide bonds. The SMILES string of the molecule is CC(O)CC(C)NCc1ccc(-c2ccc(F)cc2)o1. The minimum atomic E-state index is -0.316. The summed E-state index contributed by atoms with van der Waals surface area (Å²) in [6.45, 7) is 4.41. The van der Waals surface area contributed by atoms with Gasteiger partial charge in [0, 0.05) is 11.6 Å².